The molecule has 208 valence electrons. The van der Waals surface area contributed by atoms with Gasteiger partial charge in [-0.2, -0.15) is 5.10 Å². The zero-order valence-electron chi connectivity index (χ0n) is 23.8. The lowest BCUT2D eigenvalue weighted by atomic mass is 9.90. The fourth-order valence-corrected chi connectivity index (χ4v) is 6.29. The number of nitrogens with one attached hydrogen (secondary N) is 1. The van der Waals surface area contributed by atoms with Gasteiger partial charge in [0, 0.05) is 30.3 Å². The molecular weight excluding hydrogens is 496 g/mol. The average Bonchev–Trinajstić information content (AvgIpc) is 3.53. The summed E-state index contributed by atoms with van der Waals surface area (Å²) in [4.78, 5) is 15.6. The number of carbonyl (C=O) groups excluding carboxylic acids is 1. The highest BCUT2D eigenvalue weighted by molar-refractivity contribution is 5.95. The van der Waals surface area contributed by atoms with Gasteiger partial charge >= 0.3 is 0 Å². The van der Waals surface area contributed by atoms with E-state index in [4.69, 9.17) is 9.52 Å². The summed E-state index contributed by atoms with van der Waals surface area (Å²) in [7, 11) is 0. The summed E-state index contributed by atoms with van der Waals surface area (Å²) in [5.74, 6) is 1.98. The Bertz CT molecular complexity index is 1440. The second-order valence-corrected chi connectivity index (χ2v) is 11.6. The first-order valence-electron chi connectivity index (χ1n) is 14.8. The lowest BCUT2D eigenvalue weighted by Crippen LogP contribution is -2.36. The van der Waals surface area contributed by atoms with E-state index in [0.29, 0.717) is 12.3 Å². The van der Waals surface area contributed by atoms with Crippen molar-refractivity contribution < 1.29 is 9.21 Å². The van der Waals surface area contributed by atoms with E-state index in [1.165, 1.54) is 41.5 Å². The number of likely N-dealkylation sites (tertiary alicyclic amines) is 1. The van der Waals surface area contributed by atoms with Crippen LogP contribution < -0.4 is 5.32 Å². The Labute approximate surface area is 237 Å². The van der Waals surface area contributed by atoms with Crippen molar-refractivity contribution in [3.05, 3.63) is 100 Å². The molecule has 1 aliphatic carbocycles. The van der Waals surface area contributed by atoms with Gasteiger partial charge in [0.2, 0.25) is 0 Å². The summed E-state index contributed by atoms with van der Waals surface area (Å²) in [5, 5.41) is 8.03. The SMILES string of the molecule is Cc1ccc(Cn2cc3c(n2)-c2c(oc(C(=O)NCCCN4CCC(Cc5ccccc5)CC4)c2C)CC3)cc1. The predicted octanol–water partition coefficient (Wildman–Crippen LogP) is 5.98. The summed E-state index contributed by atoms with van der Waals surface area (Å²) in [6.07, 6.45) is 8.46. The Morgan fingerprint density at radius 3 is 2.55 bits per heavy atom. The monoisotopic (exact) mass is 536 g/mol. The Kier molecular flexibility index (Phi) is 7.87. The van der Waals surface area contributed by atoms with Crippen LogP contribution in [0.5, 0.6) is 0 Å². The van der Waals surface area contributed by atoms with Crippen molar-refractivity contribution in [3.63, 3.8) is 0 Å². The Balaban J connectivity index is 1.00. The number of aromatic nitrogens is 2. The second-order valence-electron chi connectivity index (χ2n) is 11.6. The smallest absolute Gasteiger partial charge is 0.287 e. The topological polar surface area (TPSA) is 63.3 Å². The quantitative estimate of drug-likeness (QED) is 0.267. The van der Waals surface area contributed by atoms with E-state index >= 15 is 0 Å². The number of carbonyl (C=O) groups is 1. The van der Waals surface area contributed by atoms with Crippen molar-refractivity contribution in [2.45, 2.75) is 58.9 Å². The molecule has 0 spiro atoms. The number of furan rings is 1. The minimum Gasteiger partial charge on any atom is -0.455 e. The molecule has 2 aromatic carbocycles. The Hall–Kier alpha value is -3.64. The van der Waals surface area contributed by atoms with Crippen molar-refractivity contribution >= 4 is 5.91 Å². The molecule has 6 heteroatoms. The van der Waals surface area contributed by atoms with Gasteiger partial charge in [-0.3, -0.25) is 9.48 Å². The predicted molar refractivity (Wildman–Crippen MR) is 159 cm³/mol. The minimum absolute atomic E-state index is 0.117. The third-order valence-corrected chi connectivity index (χ3v) is 8.60. The molecule has 0 unspecified atom stereocenters. The number of nitrogens with zero attached hydrogens (tertiary/aromatic N) is 3. The number of benzene rings is 2. The maximum Gasteiger partial charge on any atom is 0.287 e. The number of rotatable bonds is 9. The molecule has 1 N–H and O–H groups in total. The van der Waals surface area contributed by atoms with Gasteiger partial charge in [-0.25, -0.2) is 0 Å². The number of fused-ring (bicyclic) bond motifs is 3. The second kappa shape index (κ2) is 11.8. The maximum atomic E-state index is 13.1. The van der Waals surface area contributed by atoms with Gasteiger partial charge in [-0.05, 0) is 88.2 Å². The largest absolute Gasteiger partial charge is 0.455 e. The fraction of sp³-hybridized carbons (Fsp3) is 0.412. The fourth-order valence-electron chi connectivity index (χ4n) is 6.29. The van der Waals surface area contributed by atoms with Gasteiger partial charge in [-0.15, -0.1) is 0 Å². The first-order valence-corrected chi connectivity index (χ1v) is 14.8. The third kappa shape index (κ3) is 5.92. The van der Waals surface area contributed by atoms with Gasteiger partial charge in [0.1, 0.15) is 5.76 Å². The Morgan fingerprint density at radius 1 is 1.00 bits per heavy atom. The first kappa shape index (κ1) is 26.6. The minimum atomic E-state index is -0.117. The van der Waals surface area contributed by atoms with Crippen LogP contribution in [0.15, 0.2) is 65.2 Å². The molecule has 1 fully saturated rings. The molecule has 4 aromatic rings. The van der Waals surface area contributed by atoms with E-state index in [1.807, 2.05) is 11.6 Å². The summed E-state index contributed by atoms with van der Waals surface area (Å²) >= 11 is 0. The highest BCUT2D eigenvalue weighted by atomic mass is 16.4. The lowest BCUT2D eigenvalue weighted by molar-refractivity contribution is 0.0920. The van der Waals surface area contributed by atoms with Crippen molar-refractivity contribution in [1.82, 2.24) is 20.0 Å². The number of hydrogen-bond acceptors (Lipinski definition) is 4. The van der Waals surface area contributed by atoms with Gasteiger partial charge in [0.25, 0.3) is 5.91 Å². The van der Waals surface area contributed by atoms with Crippen molar-refractivity contribution in [2.24, 2.45) is 5.92 Å². The molecule has 3 heterocycles. The molecule has 0 atom stereocenters. The van der Waals surface area contributed by atoms with Crippen LogP contribution in [0.3, 0.4) is 0 Å². The molecular formula is C34H40N4O2. The van der Waals surface area contributed by atoms with E-state index < -0.39 is 0 Å². The number of piperidine rings is 1. The van der Waals surface area contributed by atoms with E-state index in [-0.39, 0.29) is 5.91 Å². The number of amides is 1. The highest BCUT2D eigenvalue weighted by Crippen LogP contribution is 2.38. The van der Waals surface area contributed by atoms with Crippen LogP contribution in [-0.4, -0.2) is 46.8 Å². The van der Waals surface area contributed by atoms with Crippen molar-refractivity contribution in [2.75, 3.05) is 26.2 Å². The van der Waals surface area contributed by atoms with Crippen LogP contribution in [-0.2, 0) is 25.8 Å². The third-order valence-electron chi connectivity index (χ3n) is 8.60. The molecule has 0 bridgehead atoms. The maximum absolute atomic E-state index is 13.1. The summed E-state index contributed by atoms with van der Waals surface area (Å²) in [5.41, 5.74) is 8.03. The van der Waals surface area contributed by atoms with Crippen LogP contribution in [0.25, 0.3) is 11.3 Å². The summed E-state index contributed by atoms with van der Waals surface area (Å²) in [6.45, 7) is 8.80. The summed E-state index contributed by atoms with van der Waals surface area (Å²) in [6, 6.07) is 19.4. The van der Waals surface area contributed by atoms with Gasteiger partial charge in [0.15, 0.2) is 5.76 Å². The number of hydrogen-bond donors (Lipinski definition) is 1. The summed E-state index contributed by atoms with van der Waals surface area (Å²) < 4.78 is 8.15. The molecule has 1 aliphatic heterocycles. The standard InChI is InChI=1S/C34H40N4O2/c1-24-9-11-28(12-10-24)22-38-23-29-13-14-30-31(32(29)36-38)25(2)33(40-30)34(39)35-17-6-18-37-19-15-27(16-20-37)21-26-7-4-3-5-8-26/h3-5,7-12,23,27H,6,13-22H2,1-2H3,(H,35,39). The zero-order valence-corrected chi connectivity index (χ0v) is 23.8. The zero-order chi connectivity index (χ0) is 27.5. The molecule has 2 aliphatic rings. The molecule has 6 nitrogen and oxygen atoms in total. The average molecular weight is 537 g/mol. The molecule has 0 saturated carbocycles. The van der Waals surface area contributed by atoms with Crippen molar-refractivity contribution in [1.29, 1.82) is 0 Å². The molecule has 1 amide bonds. The van der Waals surface area contributed by atoms with Crippen LogP contribution in [0.4, 0.5) is 0 Å². The number of aryl methyl sites for hydroxylation is 3. The van der Waals surface area contributed by atoms with E-state index in [9.17, 15) is 4.79 Å². The van der Waals surface area contributed by atoms with Crippen molar-refractivity contribution in [3.8, 4) is 11.3 Å². The van der Waals surface area contributed by atoms with Crippen LogP contribution in [0, 0.1) is 19.8 Å². The van der Waals surface area contributed by atoms with Gasteiger partial charge in [-0.1, -0.05) is 60.2 Å². The highest BCUT2D eigenvalue weighted by Gasteiger charge is 2.29. The molecule has 0 radical (unpaired) electrons. The van der Waals surface area contributed by atoms with Crippen LogP contribution in [0.2, 0.25) is 0 Å². The molecule has 40 heavy (non-hydrogen) atoms. The molecule has 6 rings (SSSR count). The van der Waals surface area contributed by atoms with Gasteiger partial charge in [0.05, 0.1) is 12.2 Å². The van der Waals surface area contributed by atoms with E-state index in [1.54, 1.807) is 0 Å². The van der Waals surface area contributed by atoms with E-state index in [0.717, 1.165) is 73.9 Å². The molecule has 2 aromatic heterocycles. The molecule has 1 saturated heterocycles. The first-order chi connectivity index (χ1) is 19.5. The lowest BCUT2D eigenvalue weighted by Gasteiger charge is -2.32. The van der Waals surface area contributed by atoms with Crippen LogP contribution >= 0.6 is 0 Å². The van der Waals surface area contributed by atoms with Gasteiger partial charge < -0.3 is 14.6 Å². The normalized spacial score (nSPS) is 15.6. The van der Waals surface area contributed by atoms with Crippen LogP contribution in [0.1, 0.15) is 63.4 Å². The van der Waals surface area contributed by atoms with E-state index in [2.05, 4.69) is 77.9 Å². The Morgan fingerprint density at radius 2 is 1.77 bits per heavy atom.